The second-order valence-corrected chi connectivity index (χ2v) is 4.85. The van der Waals surface area contributed by atoms with Gasteiger partial charge in [0.15, 0.2) is 6.10 Å². The zero-order valence-corrected chi connectivity index (χ0v) is 12.3. The number of hydrogen-bond acceptors (Lipinski definition) is 7. The van der Waals surface area contributed by atoms with E-state index in [2.05, 4.69) is 14.9 Å². The van der Waals surface area contributed by atoms with Gasteiger partial charge in [-0.15, -0.1) is 0 Å². The summed E-state index contributed by atoms with van der Waals surface area (Å²) in [4.78, 5) is 20.6. The number of carbonyl (C=O) groups is 1. The lowest BCUT2D eigenvalue weighted by molar-refractivity contribution is 0.0594. The molecule has 0 fully saturated rings. The van der Waals surface area contributed by atoms with Gasteiger partial charge in [-0.1, -0.05) is 17.3 Å². The molecule has 2 heterocycles. The van der Waals surface area contributed by atoms with E-state index >= 15 is 0 Å². The number of benzene rings is 1. The van der Waals surface area contributed by atoms with E-state index < -0.39 is 5.97 Å². The van der Waals surface area contributed by atoms with Gasteiger partial charge in [0.25, 0.3) is 0 Å². The third-order valence-electron chi connectivity index (χ3n) is 3.27. The van der Waals surface area contributed by atoms with Gasteiger partial charge >= 0.3 is 5.97 Å². The van der Waals surface area contributed by atoms with Crippen molar-refractivity contribution in [1.82, 2.24) is 4.98 Å². The van der Waals surface area contributed by atoms with Gasteiger partial charge in [-0.2, -0.15) is 0 Å². The monoisotopic (exact) mass is 314 g/mol. The van der Waals surface area contributed by atoms with Crippen LogP contribution >= 0.6 is 0 Å². The van der Waals surface area contributed by atoms with Crippen molar-refractivity contribution >= 4 is 11.9 Å². The summed E-state index contributed by atoms with van der Waals surface area (Å²) in [5, 5.41) is 13.2. The SMILES string of the molecule is COC(=O)c1ccc(OC2=NO[C@@H](c3ccc(O)cc3)C2)cn1. The Hall–Kier alpha value is -3.09. The van der Waals surface area contributed by atoms with Gasteiger partial charge in [-0.3, -0.25) is 0 Å². The van der Waals surface area contributed by atoms with E-state index in [4.69, 9.17) is 9.57 Å². The number of aromatic nitrogens is 1. The minimum absolute atomic E-state index is 0.195. The molecular weight excluding hydrogens is 300 g/mol. The lowest BCUT2D eigenvalue weighted by atomic mass is 10.1. The molecule has 1 aromatic heterocycles. The molecule has 7 heteroatoms. The standard InChI is InChI=1S/C16H14N2O5/c1-21-16(20)13-7-6-12(9-17-13)22-15-8-14(23-18-15)10-2-4-11(19)5-3-10/h2-7,9,14,19H,8H2,1H3/t14-/m1/s1. The Kier molecular flexibility index (Phi) is 4.09. The second kappa shape index (κ2) is 6.35. The molecule has 1 atom stereocenters. The molecule has 1 N–H and O–H groups in total. The summed E-state index contributed by atoms with van der Waals surface area (Å²) in [7, 11) is 1.29. The fourth-order valence-electron chi connectivity index (χ4n) is 2.09. The van der Waals surface area contributed by atoms with Gasteiger partial charge in [0.05, 0.1) is 19.7 Å². The van der Waals surface area contributed by atoms with Gasteiger partial charge in [-0.05, 0) is 29.8 Å². The van der Waals surface area contributed by atoms with Crippen molar-refractivity contribution in [3.63, 3.8) is 0 Å². The number of esters is 1. The van der Waals surface area contributed by atoms with Crippen molar-refractivity contribution in [3.05, 3.63) is 53.9 Å². The Bertz CT molecular complexity index is 725. The van der Waals surface area contributed by atoms with Crippen LogP contribution in [0.4, 0.5) is 0 Å². The highest BCUT2D eigenvalue weighted by molar-refractivity contribution is 5.87. The number of rotatable bonds is 3. The van der Waals surface area contributed by atoms with Crippen molar-refractivity contribution in [1.29, 1.82) is 0 Å². The van der Waals surface area contributed by atoms with Gasteiger partial charge in [-0.25, -0.2) is 9.78 Å². The van der Waals surface area contributed by atoms with Crippen molar-refractivity contribution in [3.8, 4) is 11.5 Å². The molecular formula is C16H14N2O5. The number of ether oxygens (including phenoxy) is 2. The molecule has 1 aromatic carbocycles. The van der Waals surface area contributed by atoms with E-state index in [0.29, 0.717) is 18.1 Å². The van der Waals surface area contributed by atoms with E-state index in [1.165, 1.54) is 19.4 Å². The molecule has 0 radical (unpaired) electrons. The smallest absolute Gasteiger partial charge is 0.356 e. The number of phenolic OH excluding ortho intramolecular Hbond substituents is 1. The first-order chi connectivity index (χ1) is 11.2. The molecule has 1 aliphatic rings. The summed E-state index contributed by atoms with van der Waals surface area (Å²) in [6, 6.07) is 9.83. The Morgan fingerprint density at radius 2 is 2.04 bits per heavy atom. The first-order valence-corrected chi connectivity index (χ1v) is 6.89. The molecule has 1 aliphatic heterocycles. The number of aromatic hydroxyl groups is 1. The maximum Gasteiger partial charge on any atom is 0.356 e. The van der Waals surface area contributed by atoms with Crippen molar-refractivity contribution in [2.24, 2.45) is 5.16 Å². The molecule has 0 saturated carbocycles. The average Bonchev–Trinajstić information content (AvgIpc) is 3.04. The van der Waals surface area contributed by atoms with E-state index in [1.807, 2.05) is 0 Å². The molecule has 23 heavy (non-hydrogen) atoms. The van der Waals surface area contributed by atoms with Crippen LogP contribution in [0.5, 0.6) is 11.5 Å². The Balaban J connectivity index is 1.61. The van der Waals surface area contributed by atoms with Crippen molar-refractivity contribution < 1.29 is 24.2 Å². The van der Waals surface area contributed by atoms with Crippen LogP contribution in [-0.4, -0.2) is 29.1 Å². The van der Waals surface area contributed by atoms with Crippen LogP contribution in [0.25, 0.3) is 0 Å². The lowest BCUT2D eigenvalue weighted by Gasteiger charge is -2.08. The fraction of sp³-hybridized carbons (Fsp3) is 0.188. The van der Waals surface area contributed by atoms with Crippen molar-refractivity contribution in [2.45, 2.75) is 12.5 Å². The largest absolute Gasteiger partial charge is 0.508 e. The fourth-order valence-corrected chi connectivity index (χ4v) is 2.09. The Morgan fingerprint density at radius 1 is 1.26 bits per heavy atom. The van der Waals surface area contributed by atoms with Crippen molar-refractivity contribution in [2.75, 3.05) is 7.11 Å². The highest BCUT2D eigenvalue weighted by atomic mass is 16.7. The summed E-state index contributed by atoms with van der Waals surface area (Å²) in [6.45, 7) is 0. The van der Waals surface area contributed by atoms with Crippen LogP contribution in [0.15, 0.2) is 47.8 Å². The van der Waals surface area contributed by atoms with Crippen LogP contribution in [0.2, 0.25) is 0 Å². The molecule has 0 saturated heterocycles. The second-order valence-electron chi connectivity index (χ2n) is 4.85. The minimum atomic E-state index is -0.509. The molecule has 7 nitrogen and oxygen atoms in total. The number of nitrogens with zero attached hydrogens (tertiary/aromatic N) is 2. The van der Waals surface area contributed by atoms with E-state index in [9.17, 15) is 9.90 Å². The number of hydrogen-bond donors (Lipinski definition) is 1. The highest BCUT2D eigenvalue weighted by Crippen LogP contribution is 2.29. The van der Waals surface area contributed by atoms with Crippen LogP contribution < -0.4 is 4.74 Å². The third kappa shape index (κ3) is 3.39. The van der Waals surface area contributed by atoms with Crippen LogP contribution in [0, 0.1) is 0 Å². The Morgan fingerprint density at radius 3 is 2.70 bits per heavy atom. The number of pyridine rings is 1. The average molecular weight is 314 g/mol. The van der Waals surface area contributed by atoms with Crippen LogP contribution in [-0.2, 0) is 9.57 Å². The quantitative estimate of drug-likeness (QED) is 0.875. The predicted molar refractivity (Wildman–Crippen MR) is 80.2 cm³/mol. The third-order valence-corrected chi connectivity index (χ3v) is 3.27. The molecule has 3 rings (SSSR count). The zero-order valence-electron chi connectivity index (χ0n) is 12.3. The van der Waals surface area contributed by atoms with Gasteiger partial charge in [0, 0.05) is 0 Å². The molecule has 118 valence electrons. The number of oxime groups is 1. The van der Waals surface area contributed by atoms with Crippen LogP contribution in [0.3, 0.4) is 0 Å². The topological polar surface area (TPSA) is 90.2 Å². The number of methoxy groups -OCH3 is 1. The first-order valence-electron chi connectivity index (χ1n) is 6.89. The van der Waals surface area contributed by atoms with Gasteiger partial charge < -0.3 is 19.4 Å². The molecule has 2 aromatic rings. The number of carbonyl (C=O) groups excluding carboxylic acids is 1. The normalized spacial score (nSPS) is 16.4. The van der Waals surface area contributed by atoms with Crippen LogP contribution in [0.1, 0.15) is 28.6 Å². The zero-order chi connectivity index (χ0) is 16.2. The summed E-state index contributed by atoms with van der Waals surface area (Å²) in [5.41, 5.74) is 1.09. The van der Waals surface area contributed by atoms with Gasteiger partial charge in [0.2, 0.25) is 5.90 Å². The first kappa shape index (κ1) is 14.8. The summed E-state index contributed by atoms with van der Waals surface area (Å²) < 4.78 is 10.2. The summed E-state index contributed by atoms with van der Waals surface area (Å²) in [6.07, 6.45) is 1.62. The molecule has 0 aliphatic carbocycles. The maximum atomic E-state index is 11.3. The Labute approximate surface area is 132 Å². The maximum absolute atomic E-state index is 11.3. The molecule has 0 spiro atoms. The van der Waals surface area contributed by atoms with E-state index in [1.54, 1.807) is 30.3 Å². The summed E-state index contributed by atoms with van der Waals surface area (Å²) in [5.74, 6) is 0.549. The van der Waals surface area contributed by atoms with E-state index in [-0.39, 0.29) is 17.5 Å². The van der Waals surface area contributed by atoms with Gasteiger partial charge in [0.1, 0.15) is 17.2 Å². The predicted octanol–water partition coefficient (Wildman–Crippen LogP) is 2.43. The lowest BCUT2D eigenvalue weighted by Crippen LogP contribution is -2.08. The summed E-state index contributed by atoms with van der Waals surface area (Å²) >= 11 is 0. The number of phenols is 1. The molecule has 0 bridgehead atoms. The molecule has 0 unspecified atom stereocenters. The van der Waals surface area contributed by atoms with E-state index in [0.717, 1.165) is 5.56 Å². The minimum Gasteiger partial charge on any atom is -0.508 e. The molecule has 0 amide bonds. The highest BCUT2D eigenvalue weighted by Gasteiger charge is 2.24.